The first-order valence-corrected chi connectivity index (χ1v) is 5.55. The molecule has 0 radical (unpaired) electrons. The van der Waals surface area contributed by atoms with Crippen molar-refractivity contribution in [3.8, 4) is 0 Å². The third-order valence-electron chi connectivity index (χ3n) is 1.61. The number of hydrogen-bond donors (Lipinski definition) is 1. The van der Waals surface area contributed by atoms with Crippen LogP contribution in [0.15, 0.2) is 15.9 Å². The lowest BCUT2D eigenvalue weighted by Gasteiger charge is -2.15. The SMILES string of the molecule is CC(C)(O)CCc1ccc(Br)s1. The maximum Gasteiger partial charge on any atom is 0.0701 e. The molecular weight excluding hydrogens is 236 g/mol. The summed E-state index contributed by atoms with van der Waals surface area (Å²) < 4.78 is 1.16. The summed E-state index contributed by atoms with van der Waals surface area (Å²) in [7, 11) is 0. The van der Waals surface area contributed by atoms with Crippen molar-refractivity contribution in [2.24, 2.45) is 0 Å². The van der Waals surface area contributed by atoms with Gasteiger partial charge in [0.15, 0.2) is 0 Å². The highest BCUT2D eigenvalue weighted by Gasteiger charge is 2.12. The van der Waals surface area contributed by atoms with Gasteiger partial charge in [0.1, 0.15) is 0 Å². The molecule has 0 atom stereocenters. The van der Waals surface area contributed by atoms with Gasteiger partial charge in [-0.25, -0.2) is 0 Å². The van der Waals surface area contributed by atoms with E-state index in [1.54, 1.807) is 11.3 Å². The molecule has 0 spiro atoms. The first-order valence-electron chi connectivity index (χ1n) is 3.94. The monoisotopic (exact) mass is 248 g/mol. The highest BCUT2D eigenvalue weighted by molar-refractivity contribution is 9.11. The standard InChI is InChI=1S/C9H13BrOS/c1-9(2,11)6-5-7-3-4-8(10)12-7/h3-4,11H,5-6H2,1-2H3. The molecule has 1 N–H and O–H groups in total. The maximum atomic E-state index is 9.48. The molecule has 1 rings (SSSR count). The van der Waals surface area contributed by atoms with Crippen molar-refractivity contribution < 1.29 is 5.11 Å². The van der Waals surface area contributed by atoms with Gasteiger partial charge in [0, 0.05) is 4.88 Å². The topological polar surface area (TPSA) is 20.2 Å². The lowest BCUT2D eigenvalue weighted by atomic mass is 10.0. The summed E-state index contributed by atoms with van der Waals surface area (Å²) >= 11 is 5.14. The zero-order chi connectivity index (χ0) is 9.19. The van der Waals surface area contributed by atoms with Crippen LogP contribution in [0, 0.1) is 0 Å². The minimum Gasteiger partial charge on any atom is -0.390 e. The van der Waals surface area contributed by atoms with Crippen LogP contribution in [-0.2, 0) is 6.42 Å². The van der Waals surface area contributed by atoms with Crippen molar-refractivity contribution in [2.45, 2.75) is 32.3 Å². The van der Waals surface area contributed by atoms with Crippen LogP contribution in [0.5, 0.6) is 0 Å². The van der Waals surface area contributed by atoms with E-state index in [4.69, 9.17) is 0 Å². The molecule has 0 saturated heterocycles. The van der Waals surface area contributed by atoms with E-state index in [0.717, 1.165) is 16.6 Å². The quantitative estimate of drug-likeness (QED) is 0.872. The number of hydrogen-bond acceptors (Lipinski definition) is 2. The van der Waals surface area contributed by atoms with E-state index in [0.29, 0.717) is 0 Å². The molecule has 0 saturated carbocycles. The molecule has 1 heterocycles. The molecule has 0 aliphatic rings. The summed E-state index contributed by atoms with van der Waals surface area (Å²) in [6, 6.07) is 4.14. The molecule has 0 amide bonds. The molecule has 68 valence electrons. The van der Waals surface area contributed by atoms with Crippen LogP contribution in [0.25, 0.3) is 0 Å². The maximum absolute atomic E-state index is 9.48. The molecule has 0 bridgehead atoms. The fourth-order valence-electron chi connectivity index (χ4n) is 0.915. The highest BCUT2D eigenvalue weighted by atomic mass is 79.9. The van der Waals surface area contributed by atoms with Crippen LogP contribution < -0.4 is 0 Å². The zero-order valence-electron chi connectivity index (χ0n) is 7.30. The Morgan fingerprint density at radius 1 is 1.50 bits per heavy atom. The molecule has 12 heavy (non-hydrogen) atoms. The number of aliphatic hydroxyl groups is 1. The molecule has 1 nitrogen and oxygen atoms in total. The van der Waals surface area contributed by atoms with Gasteiger partial charge >= 0.3 is 0 Å². The van der Waals surface area contributed by atoms with Crippen molar-refractivity contribution in [2.75, 3.05) is 0 Å². The molecule has 0 aromatic carbocycles. The first kappa shape index (κ1) is 10.2. The summed E-state index contributed by atoms with van der Waals surface area (Å²) in [5.41, 5.74) is -0.545. The van der Waals surface area contributed by atoms with Crippen molar-refractivity contribution in [1.82, 2.24) is 0 Å². The molecule has 1 aromatic rings. The minimum absolute atomic E-state index is 0.545. The summed E-state index contributed by atoms with van der Waals surface area (Å²) in [4.78, 5) is 1.32. The average molecular weight is 249 g/mol. The first-order chi connectivity index (χ1) is 5.47. The molecule has 0 aliphatic carbocycles. The highest BCUT2D eigenvalue weighted by Crippen LogP contribution is 2.24. The smallest absolute Gasteiger partial charge is 0.0701 e. The van der Waals surface area contributed by atoms with Gasteiger partial charge in [-0.2, -0.15) is 0 Å². The third kappa shape index (κ3) is 3.70. The molecule has 0 aliphatic heterocycles. The number of aryl methyl sites for hydroxylation is 1. The van der Waals surface area contributed by atoms with Crippen molar-refractivity contribution in [3.63, 3.8) is 0 Å². The predicted molar refractivity (Wildman–Crippen MR) is 56.6 cm³/mol. The van der Waals surface area contributed by atoms with Gasteiger partial charge in [-0.3, -0.25) is 0 Å². The molecule has 0 fully saturated rings. The van der Waals surface area contributed by atoms with Gasteiger partial charge in [0.2, 0.25) is 0 Å². The fraction of sp³-hybridized carbons (Fsp3) is 0.556. The van der Waals surface area contributed by atoms with Crippen molar-refractivity contribution in [1.29, 1.82) is 0 Å². The predicted octanol–water partition coefficient (Wildman–Crippen LogP) is 3.21. The van der Waals surface area contributed by atoms with Gasteiger partial charge < -0.3 is 5.11 Å². The van der Waals surface area contributed by atoms with Crippen molar-refractivity contribution in [3.05, 3.63) is 20.8 Å². The summed E-state index contributed by atoms with van der Waals surface area (Å²) in [6.07, 6.45) is 1.78. The molecule has 0 unspecified atom stereocenters. The Labute approximate surface area is 85.6 Å². The van der Waals surface area contributed by atoms with Gasteiger partial charge in [0.25, 0.3) is 0 Å². The molecule has 1 aromatic heterocycles. The second kappa shape index (κ2) is 3.90. The van der Waals surface area contributed by atoms with Gasteiger partial charge in [-0.05, 0) is 54.8 Å². The Morgan fingerprint density at radius 2 is 2.17 bits per heavy atom. The third-order valence-corrected chi connectivity index (χ3v) is 3.30. The van der Waals surface area contributed by atoms with E-state index in [1.165, 1.54) is 4.88 Å². The zero-order valence-corrected chi connectivity index (χ0v) is 9.70. The largest absolute Gasteiger partial charge is 0.390 e. The van der Waals surface area contributed by atoms with E-state index in [-0.39, 0.29) is 0 Å². The summed E-state index contributed by atoms with van der Waals surface area (Å²) in [5, 5.41) is 9.48. The Hall–Kier alpha value is 0.140. The normalized spacial score (nSPS) is 12.0. The second-order valence-corrected chi connectivity index (χ2v) is 6.07. The van der Waals surface area contributed by atoms with E-state index in [9.17, 15) is 5.11 Å². The molecular formula is C9H13BrOS. The van der Waals surface area contributed by atoms with Gasteiger partial charge in [0.05, 0.1) is 9.39 Å². The van der Waals surface area contributed by atoms with Crippen LogP contribution in [0.3, 0.4) is 0 Å². The van der Waals surface area contributed by atoms with Crippen LogP contribution in [0.4, 0.5) is 0 Å². The second-order valence-electron chi connectivity index (χ2n) is 3.52. The molecule has 3 heteroatoms. The van der Waals surface area contributed by atoms with Crippen LogP contribution in [-0.4, -0.2) is 10.7 Å². The van der Waals surface area contributed by atoms with E-state index in [1.807, 2.05) is 19.9 Å². The Bertz CT molecular complexity index is 249. The summed E-state index contributed by atoms with van der Waals surface area (Å²) in [5.74, 6) is 0. The van der Waals surface area contributed by atoms with Crippen LogP contribution in [0.2, 0.25) is 0 Å². The number of rotatable bonds is 3. The minimum atomic E-state index is -0.545. The van der Waals surface area contributed by atoms with Crippen LogP contribution >= 0.6 is 27.3 Å². The lowest BCUT2D eigenvalue weighted by Crippen LogP contribution is -2.18. The van der Waals surface area contributed by atoms with Gasteiger partial charge in [-0.1, -0.05) is 0 Å². The fourth-order valence-corrected chi connectivity index (χ4v) is 2.40. The van der Waals surface area contributed by atoms with Crippen LogP contribution in [0.1, 0.15) is 25.1 Å². The Kier molecular flexibility index (Phi) is 3.32. The Balaban J connectivity index is 2.44. The van der Waals surface area contributed by atoms with E-state index in [2.05, 4.69) is 22.0 Å². The van der Waals surface area contributed by atoms with Crippen molar-refractivity contribution >= 4 is 27.3 Å². The van der Waals surface area contributed by atoms with Gasteiger partial charge in [-0.15, -0.1) is 11.3 Å². The lowest BCUT2D eigenvalue weighted by molar-refractivity contribution is 0.0716. The van der Waals surface area contributed by atoms with E-state index < -0.39 is 5.60 Å². The summed E-state index contributed by atoms with van der Waals surface area (Å²) in [6.45, 7) is 3.69. The number of thiophene rings is 1. The number of halogens is 1. The average Bonchev–Trinajstić information content (AvgIpc) is 2.30. The van der Waals surface area contributed by atoms with E-state index >= 15 is 0 Å². The Morgan fingerprint density at radius 3 is 2.58 bits per heavy atom.